The SMILES string of the molecule is N#CC(=CNc1ccccc1)C(N)=O. The third-order valence-electron chi connectivity index (χ3n) is 1.54. The number of nitrogens with zero attached hydrogens (tertiary/aromatic N) is 1. The van der Waals surface area contributed by atoms with Gasteiger partial charge in [-0.2, -0.15) is 5.26 Å². The maximum Gasteiger partial charge on any atom is 0.260 e. The maximum absolute atomic E-state index is 10.6. The molecule has 14 heavy (non-hydrogen) atoms. The monoisotopic (exact) mass is 187 g/mol. The normalized spacial score (nSPS) is 10.4. The molecule has 4 nitrogen and oxygen atoms in total. The Balaban J connectivity index is 2.73. The number of carbonyl (C=O) groups excluding carboxylic acids is 1. The van der Waals surface area contributed by atoms with Crippen molar-refractivity contribution in [1.29, 1.82) is 5.26 Å². The van der Waals surface area contributed by atoms with E-state index in [4.69, 9.17) is 11.0 Å². The summed E-state index contributed by atoms with van der Waals surface area (Å²) in [5, 5.41) is 11.3. The number of nitrogens with one attached hydrogen (secondary N) is 1. The van der Waals surface area contributed by atoms with E-state index in [1.807, 2.05) is 30.3 Å². The van der Waals surface area contributed by atoms with E-state index in [9.17, 15) is 4.79 Å². The molecule has 0 aliphatic rings. The van der Waals surface area contributed by atoms with Crippen LogP contribution < -0.4 is 11.1 Å². The summed E-state index contributed by atoms with van der Waals surface area (Å²) in [5.74, 6) is -0.740. The van der Waals surface area contributed by atoms with Crippen LogP contribution in [-0.4, -0.2) is 5.91 Å². The van der Waals surface area contributed by atoms with Gasteiger partial charge in [0.25, 0.3) is 5.91 Å². The summed E-state index contributed by atoms with van der Waals surface area (Å²) in [5.41, 5.74) is 5.63. The summed E-state index contributed by atoms with van der Waals surface area (Å²) in [6.07, 6.45) is 1.29. The minimum atomic E-state index is -0.740. The summed E-state index contributed by atoms with van der Waals surface area (Å²) in [6, 6.07) is 10.9. The van der Waals surface area contributed by atoms with Gasteiger partial charge in [-0.1, -0.05) is 18.2 Å². The Labute approximate surface area is 81.6 Å². The predicted octanol–water partition coefficient (Wildman–Crippen LogP) is 0.991. The molecule has 0 aliphatic heterocycles. The molecule has 70 valence electrons. The number of anilines is 1. The van der Waals surface area contributed by atoms with Crippen LogP contribution in [0.2, 0.25) is 0 Å². The number of nitrogens with two attached hydrogens (primary N) is 1. The third kappa shape index (κ3) is 2.64. The molecule has 0 fully saturated rings. The number of carbonyl (C=O) groups is 1. The second-order valence-corrected chi connectivity index (χ2v) is 2.54. The fourth-order valence-corrected chi connectivity index (χ4v) is 0.848. The first-order valence-electron chi connectivity index (χ1n) is 3.95. The van der Waals surface area contributed by atoms with Crippen LogP contribution in [0.3, 0.4) is 0 Å². The highest BCUT2D eigenvalue weighted by Gasteiger charge is 2.01. The fraction of sp³-hybridized carbons (Fsp3) is 0. The van der Waals surface area contributed by atoms with Gasteiger partial charge in [0, 0.05) is 11.9 Å². The van der Waals surface area contributed by atoms with Crippen LogP contribution in [0.4, 0.5) is 5.69 Å². The van der Waals surface area contributed by atoms with Crippen LogP contribution >= 0.6 is 0 Å². The number of hydrogen-bond donors (Lipinski definition) is 2. The maximum atomic E-state index is 10.6. The van der Waals surface area contributed by atoms with Crippen LogP contribution in [-0.2, 0) is 4.79 Å². The van der Waals surface area contributed by atoms with Gasteiger partial charge in [0.2, 0.25) is 0 Å². The zero-order chi connectivity index (χ0) is 10.4. The van der Waals surface area contributed by atoms with Crippen molar-refractivity contribution in [2.75, 3.05) is 5.32 Å². The minimum Gasteiger partial charge on any atom is -0.365 e. The Morgan fingerprint density at radius 2 is 2.07 bits per heavy atom. The van der Waals surface area contributed by atoms with Crippen LogP contribution in [0.15, 0.2) is 42.1 Å². The number of hydrogen-bond acceptors (Lipinski definition) is 3. The van der Waals surface area contributed by atoms with Crippen molar-refractivity contribution in [2.45, 2.75) is 0 Å². The molecule has 1 amide bonds. The summed E-state index contributed by atoms with van der Waals surface area (Å²) in [6.45, 7) is 0. The molecule has 0 atom stereocenters. The van der Waals surface area contributed by atoms with Gasteiger partial charge in [0.1, 0.15) is 11.6 Å². The van der Waals surface area contributed by atoms with Gasteiger partial charge in [-0.15, -0.1) is 0 Å². The van der Waals surface area contributed by atoms with Gasteiger partial charge in [0.15, 0.2) is 0 Å². The first kappa shape index (κ1) is 9.81. The molecule has 1 rings (SSSR count). The van der Waals surface area contributed by atoms with Crippen molar-refractivity contribution in [3.05, 3.63) is 42.1 Å². The smallest absolute Gasteiger partial charge is 0.260 e. The van der Waals surface area contributed by atoms with Crippen molar-refractivity contribution >= 4 is 11.6 Å². The lowest BCUT2D eigenvalue weighted by Crippen LogP contribution is -2.13. The third-order valence-corrected chi connectivity index (χ3v) is 1.54. The lowest BCUT2D eigenvalue weighted by molar-refractivity contribution is -0.114. The van der Waals surface area contributed by atoms with Crippen molar-refractivity contribution in [3.63, 3.8) is 0 Å². The molecular formula is C10H9N3O. The Hall–Kier alpha value is -2.28. The first-order valence-corrected chi connectivity index (χ1v) is 3.95. The van der Waals surface area contributed by atoms with Gasteiger partial charge in [-0.25, -0.2) is 0 Å². The Morgan fingerprint density at radius 1 is 1.43 bits per heavy atom. The van der Waals surface area contributed by atoms with E-state index in [-0.39, 0.29) is 5.57 Å². The molecule has 0 aliphatic carbocycles. The summed E-state index contributed by atoms with van der Waals surface area (Å²) < 4.78 is 0. The van der Waals surface area contributed by atoms with E-state index < -0.39 is 5.91 Å². The zero-order valence-corrected chi connectivity index (χ0v) is 7.40. The standard InChI is InChI=1S/C10H9N3O/c11-6-8(10(12)14)7-13-9-4-2-1-3-5-9/h1-5,7,13H,(H2,12,14). The van der Waals surface area contributed by atoms with Gasteiger partial charge in [-0.05, 0) is 12.1 Å². The number of benzene rings is 1. The molecule has 0 aromatic heterocycles. The molecular weight excluding hydrogens is 178 g/mol. The van der Waals surface area contributed by atoms with Crippen LogP contribution in [0.25, 0.3) is 0 Å². The second-order valence-electron chi connectivity index (χ2n) is 2.54. The molecule has 0 unspecified atom stereocenters. The quantitative estimate of drug-likeness (QED) is 0.547. The molecule has 0 radical (unpaired) electrons. The molecule has 0 heterocycles. The number of primary amides is 1. The van der Waals surface area contributed by atoms with E-state index in [0.717, 1.165) is 5.69 Å². The molecule has 0 saturated heterocycles. The Morgan fingerprint density at radius 3 is 2.57 bits per heavy atom. The van der Waals surface area contributed by atoms with Crippen molar-refractivity contribution in [2.24, 2.45) is 5.73 Å². The highest BCUT2D eigenvalue weighted by molar-refractivity contribution is 5.96. The molecule has 1 aromatic rings. The van der Waals surface area contributed by atoms with Gasteiger partial charge in [-0.3, -0.25) is 4.79 Å². The largest absolute Gasteiger partial charge is 0.365 e. The molecule has 0 bridgehead atoms. The highest BCUT2D eigenvalue weighted by Crippen LogP contribution is 2.05. The number of nitriles is 1. The van der Waals surface area contributed by atoms with Gasteiger partial charge >= 0.3 is 0 Å². The lowest BCUT2D eigenvalue weighted by Gasteiger charge is -1.99. The predicted molar refractivity (Wildman–Crippen MR) is 53.0 cm³/mol. The van der Waals surface area contributed by atoms with Gasteiger partial charge < -0.3 is 11.1 Å². The van der Waals surface area contributed by atoms with Crippen LogP contribution in [0.5, 0.6) is 0 Å². The van der Waals surface area contributed by atoms with E-state index in [1.54, 1.807) is 6.07 Å². The topological polar surface area (TPSA) is 78.9 Å². The van der Waals surface area contributed by atoms with Crippen molar-refractivity contribution in [1.82, 2.24) is 0 Å². The Bertz CT molecular complexity index is 390. The average molecular weight is 187 g/mol. The lowest BCUT2D eigenvalue weighted by atomic mass is 10.3. The molecule has 3 N–H and O–H groups in total. The first-order chi connectivity index (χ1) is 6.74. The number of rotatable bonds is 3. The molecule has 1 aromatic carbocycles. The van der Waals surface area contributed by atoms with Crippen LogP contribution in [0.1, 0.15) is 0 Å². The van der Waals surface area contributed by atoms with E-state index in [0.29, 0.717) is 0 Å². The fourth-order valence-electron chi connectivity index (χ4n) is 0.848. The van der Waals surface area contributed by atoms with Gasteiger partial charge in [0.05, 0.1) is 0 Å². The van der Waals surface area contributed by atoms with Crippen molar-refractivity contribution < 1.29 is 4.79 Å². The number of para-hydroxylation sites is 1. The highest BCUT2D eigenvalue weighted by atomic mass is 16.1. The molecule has 0 spiro atoms. The summed E-state index contributed by atoms with van der Waals surface area (Å²) in [7, 11) is 0. The average Bonchev–Trinajstić information content (AvgIpc) is 2.20. The summed E-state index contributed by atoms with van der Waals surface area (Å²) >= 11 is 0. The molecule has 4 heteroatoms. The van der Waals surface area contributed by atoms with E-state index in [2.05, 4.69) is 5.32 Å². The van der Waals surface area contributed by atoms with Crippen molar-refractivity contribution in [3.8, 4) is 6.07 Å². The minimum absolute atomic E-state index is 0.103. The van der Waals surface area contributed by atoms with E-state index >= 15 is 0 Å². The second kappa shape index (κ2) is 4.67. The zero-order valence-electron chi connectivity index (χ0n) is 7.40. The molecule has 0 saturated carbocycles. The Kier molecular flexibility index (Phi) is 3.27. The summed E-state index contributed by atoms with van der Waals surface area (Å²) in [4.78, 5) is 10.6. The van der Waals surface area contributed by atoms with E-state index in [1.165, 1.54) is 6.20 Å². The van der Waals surface area contributed by atoms with Crippen LogP contribution in [0, 0.1) is 11.3 Å². The number of amides is 1.